The lowest BCUT2D eigenvalue weighted by Crippen LogP contribution is -2.19. The molecule has 0 saturated heterocycles. The van der Waals surface area contributed by atoms with Crippen molar-refractivity contribution in [2.75, 3.05) is 0 Å². The van der Waals surface area contributed by atoms with Crippen molar-refractivity contribution in [1.82, 2.24) is 4.57 Å². The first kappa shape index (κ1) is 12.2. The average molecular weight is 269 g/mol. The molecule has 100 valence electrons. The third-order valence-corrected chi connectivity index (χ3v) is 3.11. The summed E-state index contributed by atoms with van der Waals surface area (Å²) in [6, 6.07) is 12.2. The number of carboxylic acids is 1. The van der Waals surface area contributed by atoms with Gasteiger partial charge < -0.3 is 14.1 Å². The van der Waals surface area contributed by atoms with Crippen molar-refractivity contribution in [3.8, 4) is 0 Å². The molecule has 1 N–H and O–H groups in total. The van der Waals surface area contributed by atoms with Crippen molar-refractivity contribution in [3.63, 3.8) is 0 Å². The van der Waals surface area contributed by atoms with Crippen molar-refractivity contribution in [1.29, 1.82) is 0 Å². The first-order valence-electron chi connectivity index (χ1n) is 6.04. The summed E-state index contributed by atoms with van der Waals surface area (Å²) in [7, 11) is 0. The lowest BCUT2D eigenvalue weighted by molar-refractivity contribution is 0.0696. The molecule has 0 aliphatic carbocycles. The first-order valence-corrected chi connectivity index (χ1v) is 6.04. The fourth-order valence-electron chi connectivity index (χ4n) is 2.14. The Labute approximate surface area is 113 Å². The van der Waals surface area contributed by atoms with Crippen LogP contribution in [-0.2, 0) is 6.54 Å². The van der Waals surface area contributed by atoms with Gasteiger partial charge in [0.1, 0.15) is 12.0 Å². The lowest BCUT2D eigenvalue weighted by atomic mass is 10.2. The second-order valence-corrected chi connectivity index (χ2v) is 4.42. The third-order valence-electron chi connectivity index (χ3n) is 3.11. The summed E-state index contributed by atoms with van der Waals surface area (Å²) < 4.78 is 6.75. The molecule has 2 aromatic heterocycles. The molecule has 3 aromatic rings. The Kier molecular flexibility index (Phi) is 2.87. The molecular formula is C15H11NO4. The molecule has 0 fully saturated rings. The molecule has 20 heavy (non-hydrogen) atoms. The van der Waals surface area contributed by atoms with Crippen LogP contribution < -0.4 is 5.56 Å². The Hall–Kier alpha value is -2.82. The van der Waals surface area contributed by atoms with Gasteiger partial charge in [-0.15, -0.1) is 0 Å². The van der Waals surface area contributed by atoms with Crippen LogP contribution >= 0.6 is 0 Å². The zero-order valence-corrected chi connectivity index (χ0v) is 10.4. The van der Waals surface area contributed by atoms with Crippen molar-refractivity contribution in [3.05, 3.63) is 70.4 Å². The van der Waals surface area contributed by atoms with E-state index in [0.29, 0.717) is 5.76 Å². The van der Waals surface area contributed by atoms with Gasteiger partial charge in [-0.3, -0.25) is 4.79 Å². The van der Waals surface area contributed by atoms with Crippen LogP contribution in [0.3, 0.4) is 0 Å². The van der Waals surface area contributed by atoms with Crippen molar-refractivity contribution in [2.45, 2.75) is 6.54 Å². The number of carbonyl (C=O) groups is 1. The third kappa shape index (κ3) is 2.09. The smallest absolute Gasteiger partial charge is 0.338 e. The van der Waals surface area contributed by atoms with E-state index < -0.39 is 5.97 Å². The number of carboxylic acid groups (broad SMARTS) is 1. The van der Waals surface area contributed by atoms with E-state index in [9.17, 15) is 9.59 Å². The van der Waals surface area contributed by atoms with Crippen molar-refractivity contribution in [2.24, 2.45) is 0 Å². The summed E-state index contributed by atoms with van der Waals surface area (Å²) in [5.41, 5.74) is 0.707. The Morgan fingerprint density at radius 1 is 1.20 bits per heavy atom. The van der Waals surface area contributed by atoms with Crippen LogP contribution in [0.4, 0.5) is 0 Å². The molecule has 0 atom stereocenters. The van der Waals surface area contributed by atoms with Gasteiger partial charge in [-0.05, 0) is 23.6 Å². The lowest BCUT2D eigenvalue weighted by Gasteiger charge is -2.07. The highest BCUT2D eigenvalue weighted by Gasteiger charge is 2.10. The number of hydrogen-bond donors (Lipinski definition) is 1. The molecule has 2 heterocycles. The topological polar surface area (TPSA) is 72.4 Å². The molecule has 1 aromatic carbocycles. The summed E-state index contributed by atoms with van der Waals surface area (Å²) in [6.45, 7) is 0.202. The van der Waals surface area contributed by atoms with E-state index in [1.54, 1.807) is 10.6 Å². The molecule has 0 amide bonds. The standard InChI is InChI=1S/C15H11NO4/c17-14-6-5-10-3-1-2-4-13(10)16(14)8-12-7-11(9-20-12)15(18)19/h1-7,9H,8H2,(H,18,19). The minimum Gasteiger partial charge on any atom is -0.478 e. The Morgan fingerprint density at radius 2 is 2.00 bits per heavy atom. The predicted octanol–water partition coefficient (Wildman–Crippen LogP) is 2.34. The first-order chi connectivity index (χ1) is 9.65. The quantitative estimate of drug-likeness (QED) is 0.792. The zero-order valence-electron chi connectivity index (χ0n) is 10.4. The number of para-hydroxylation sites is 1. The SMILES string of the molecule is O=C(O)c1coc(Cn2c(=O)ccc3ccccc32)c1. The fraction of sp³-hybridized carbons (Fsp3) is 0.0667. The summed E-state index contributed by atoms with van der Waals surface area (Å²) in [6.07, 6.45) is 1.17. The Bertz CT molecular complexity index is 844. The fourth-order valence-corrected chi connectivity index (χ4v) is 2.14. The highest BCUT2D eigenvalue weighted by atomic mass is 16.4. The van der Waals surface area contributed by atoms with Crippen molar-refractivity contribution < 1.29 is 14.3 Å². The van der Waals surface area contributed by atoms with Gasteiger partial charge in [0, 0.05) is 6.07 Å². The number of nitrogens with zero attached hydrogens (tertiary/aromatic N) is 1. The van der Waals surface area contributed by atoms with E-state index in [1.165, 1.54) is 18.4 Å². The van der Waals surface area contributed by atoms with E-state index in [1.807, 2.05) is 24.3 Å². The number of aromatic carboxylic acids is 1. The van der Waals surface area contributed by atoms with Crippen LogP contribution in [0, 0.1) is 0 Å². The van der Waals surface area contributed by atoms with Gasteiger partial charge in [0.05, 0.1) is 17.6 Å². The number of fused-ring (bicyclic) bond motifs is 1. The second kappa shape index (κ2) is 4.70. The van der Waals surface area contributed by atoms with Crippen LogP contribution in [0.1, 0.15) is 16.1 Å². The highest BCUT2D eigenvalue weighted by molar-refractivity contribution is 5.87. The number of pyridine rings is 1. The number of benzene rings is 1. The molecule has 0 bridgehead atoms. The normalized spacial score (nSPS) is 10.8. The van der Waals surface area contributed by atoms with Gasteiger partial charge in [-0.2, -0.15) is 0 Å². The molecule has 0 aliphatic heterocycles. The molecule has 0 spiro atoms. The maximum atomic E-state index is 12.0. The molecule has 5 nitrogen and oxygen atoms in total. The van der Waals surface area contributed by atoms with Crippen LogP contribution in [0.5, 0.6) is 0 Å². The monoisotopic (exact) mass is 269 g/mol. The summed E-state index contributed by atoms with van der Waals surface area (Å²) >= 11 is 0. The van der Waals surface area contributed by atoms with Crippen molar-refractivity contribution >= 4 is 16.9 Å². The van der Waals surface area contributed by atoms with E-state index in [4.69, 9.17) is 9.52 Å². The van der Waals surface area contributed by atoms with Gasteiger partial charge in [0.25, 0.3) is 5.56 Å². The largest absolute Gasteiger partial charge is 0.478 e. The Morgan fingerprint density at radius 3 is 2.75 bits per heavy atom. The van der Waals surface area contributed by atoms with E-state index in [0.717, 1.165) is 10.9 Å². The summed E-state index contributed by atoms with van der Waals surface area (Å²) in [5.74, 6) is -0.619. The van der Waals surface area contributed by atoms with Crippen LogP contribution in [-0.4, -0.2) is 15.6 Å². The number of furan rings is 1. The van der Waals surface area contributed by atoms with E-state index >= 15 is 0 Å². The van der Waals surface area contributed by atoms with E-state index in [-0.39, 0.29) is 17.7 Å². The predicted molar refractivity (Wildman–Crippen MR) is 73.0 cm³/mol. The van der Waals surface area contributed by atoms with E-state index in [2.05, 4.69) is 0 Å². The minimum atomic E-state index is -1.05. The number of hydrogen-bond acceptors (Lipinski definition) is 3. The molecule has 3 rings (SSSR count). The minimum absolute atomic E-state index is 0.0771. The Balaban J connectivity index is 2.07. The maximum Gasteiger partial charge on any atom is 0.338 e. The van der Waals surface area contributed by atoms with Gasteiger partial charge in [0.2, 0.25) is 0 Å². The summed E-state index contributed by atoms with van der Waals surface area (Å²) in [4.78, 5) is 22.8. The maximum absolute atomic E-state index is 12.0. The van der Waals surface area contributed by atoms with Gasteiger partial charge in [-0.25, -0.2) is 4.79 Å². The number of aromatic nitrogens is 1. The molecular weight excluding hydrogens is 258 g/mol. The molecule has 0 unspecified atom stereocenters. The average Bonchev–Trinajstić information content (AvgIpc) is 2.91. The highest BCUT2D eigenvalue weighted by Crippen LogP contribution is 2.14. The molecule has 0 radical (unpaired) electrons. The van der Waals surface area contributed by atoms with Gasteiger partial charge >= 0.3 is 5.97 Å². The molecule has 5 heteroatoms. The molecule has 0 aliphatic rings. The van der Waals surface area contributed by atoms with Gasteiger partial charge in [0.15, 0.2) is 0 Å². The summed E-state index contributed by atoms with van der Waals surface area (Å²) in [5, 5.41) is 9.80. The number of rotatable bonds is 3. The van der Waals surface area contributed by atoms with Crippen LogP contribution in [0.2, 0.25) is 0 Å². The molecule has 0 saturated carbocycles. The zero-order chi connectivity index (χ0) is 14.1. The van der Waals surface area contributed by atoms with Gasteiger partial charge in [-0.1, -0.05) is 18.2 Å². The van der Waals surface area contributed by atoms with Crippen LogP contribution in [0.25, 0.3) is 10.9 Å². The second-order valence-electron chi connectivity index (χ2n) is 4.42. The van der Waals surface area contributed by atoms with Crippen LogP contribution in [0.15, 0.2) is 57.9 Å².